The van der Waals surface area contributed by atoms with E-state index >= 15 is 0 Å². The molecular formula is C13H22F3N3S. The van der Waals surface area contributed by atoms with Gasteiger partial charge in [0.15, 0.2) is 0 Å². The first-order valence-electron chi connectivity index (χ1n) is 6.76. The van der Waals surface area contributed by atoms with Crippen LogP contribution in [-0.4, -0.2) is 35.2 Å². The van der Waals surface area contributed by atoms with Crippen LogP contribution in [0, 0.1) is 0 Å². The molecule has 0 amide bonds. The van der Waals surface area contributed by atoms with Gasteiger partial charge in [-0.15, -0.1) is 11.3 Å². The Morgan fingerprint density at radius 3 is 2.65 bits per heavy atom. The van der Waals surface area contributed by atoms with Crippen LogP contribution in [0.5, 0.6) is 0 Å². The smallest absolute Gasteiger partial charge is 0.308 e. The molecular weight excluding hydrogens is 287 g/mol. The van der Waals surface area contributed by atoms with Gasteiger partial charge < -0.3 is 5.32 Å². The Morgan fingerprint density at radius 1 is 1.40 bits per heavy atom. The lowest BCUT2D eigenvalue weighted by Gasteiger charge is -2.21. The zero-order valence-corrected chi connectivity index (χ0v) is 12.9. The van der Waals surface area contributed by atoms with Gasteiger partial charge in [0.2, 0.25) is 0 Å². The predicted octanol–water partition coefficient (Wildman–Crippen LogP) is 3.42. The summed E-state index contributed by atoms with van der Waals surface area (Å²) in [5.41, 5.74) is 0.716. The summed E-state index contributed by atoms with van der Waals surface area (Å²) in [4.78, 5) is 5.78. The highest BCUT2D eigenvalue weighted by atomic mass is 32.1. The van der Waals surface area contributed by atoms with Crippen LogP contribution in [0.25, 0.3) is 0 Å². The summed E-state index contributed by atoms with van der Waals surface area (Å²) < 4.78 is 37.4. The summed E-state index contributed by atoms with van der Waals surface area (Å²) >= 11 is 1.49. The molecule has 0 atom stereocenters. The maximum atomic E-state index is 12.5. The molecule has 0 bridgehead atoms. The molecule has 0 aliphatic rings. The van der Waals surface area contributed by atoms with E-state index in [1.165, 1.54) is 16.2 Å². The molecule has 1 aromatic heterocycles. The maximum Gasteiger partial charge on any atom is 0.401 e. The van der Waals surface area contributed by atoms with Crippen molar-refractivity contribution in [2.75, 3.05) is 13.1 Å². The van der Waals surface area contributed by atoms with E-state index in [0.29, 0.717) is 31.2 Å². The Labute approximate surface area is 122 Å². The topological polar surface area (TPSA) is 28.2 Å². The molecule has 0 spiro atoms. The number of nitrogens with zero attached hydrogens (tertiary/aromatic N) is 2. The molecule has 0 fully saturated rings. The van der Waals surface area contributed by atoms with Gasteiger partial charge in [0.1, 0.15) is 5.01 Å². The van der Waals surface area contributed by atoms with E-state index in [1.807, 2.05) is 26.2 Å². The first-order chi connectivity index (χ1) is 9.30. The summed E-state index contributed by atoms with van der Waals surface area (Å²) in [5, 5.41) is 6.00. The fourth-order valence-corrected chi connectivity index (χ4v) is 2.54. The lowest BCUT2D eigenvalue weighted by Crippen LogP contribution is -2.34. The number of nitrogens with one attached hydrogen (secondary N) is 1. The van der Waals surface area contributed by atoms with E-state index in [2.05, 4.69) is 10.3 Å². The molecule has 1 rings (SSSR count). The molecule has 0 aliphatic heterocycles. The highest BCUT2D eigenvalue weighted by Gasteiger charge is 2.30. The fourth-order valence-electron chi connectivity index (χ4n) is 1.81. The zero-order chi connectivity index (χ0) is 15.2. The Morgan fingerprint density at radius 2 is 2.10 bits per heavy atom. The first-order valence-corrected chi connectivity index (χ1v) is 7.64. The van der Waals surface area contributed by atoms with Crippen LogP contribution in [0.4, 0.5) is 13.2 Å². The predicted molar refractivity (Wildman–Crippen MR) is 75.7 cm³/mol. The molecule has 0 unspecified atom stereocenters. The highest BCUT2D eigenvalue weighted by molar-refractivity contribution is 7.09. The number of rotatable bonds is 8. The van der Waals surface area contributed by atoms with Gasteiger partial charge in [-0.3, -0.25) is 4.90 Å². The molecule has 1 heterocycles. The van der Waals surface area contributed by atoms with Crippen molar-refractivity contribution >= 4 is 11.3 Å². The van der Waals surface area contributed by atoms with Crippen molar-refractivity contribution in [2.45, 2.75) is 52.5 Å². The minimum absolute atomic E-state index is 0.255. The third kappa shape index (κ3) is 7.21. The largest absolute Gasteiger partial charge is 0.401 e. The van der Waals surface area contributed by atoms with Crippen LogP contribution >= 0.6 is 11.3 Å². The maximum absolute atomic E-state index is 12.5. The summed E-state index contributed by atoms with van der Waals surface area (Å²) in [6.45, 7) is 6.43. The van der Waals surface area contributed by atoms with E-state index in [0.717, 1.165) is 5.01 Å². The van der Waals surface area contributed by atoms with Crippen LogP contribution < -0.4 is 5.32 Å². The number of aromatic nitrogens is 1. The third-order valence-corrected chi connectivity index (χ3v) is 3.49. The van der Waals surface area contributed by atoms with E-state index in [1.54, 1.807) is 0 Å². The van der Waals surface area contributed by atoms with Gasteiger partial charge in [-0.2, -0.15) is 13.2 Å². The summed E-state index contributed by atoms with van der Waals surface area (Å²) in [6, 6.07) is 0.365. The third-order valence-electron chi connectivity index (χ3n) is 2.59. The van der Waals surface area contributed by atoms with E-state index in [4.69, 9.17) is 0 Å². The number of hydrogen-bond acceptors (Lipinski definition) is 4. The number of halogens is 3. The van der Waals surface area contributed by atoms with Crippen molar-refractivity contribution in [2.24, 2.45) is 0 Å². The molecule has 116 valence electrons. The molecule has 1 N–H and O–H groups in total. The Bertz CT molecular complexity index is 390. The van der Waals surface area contributed by atoms with Crippen molar-refractivity contribution in [3.8, 4) is 0 Å². The van der Waals surface area contributed by atoms with Gasteiger partial charge in [0, 0.05) is 24.5 Å². The average molecular weight is 309 g/mol. The second kappa shape index (κ2) is 7.95. The lowest BCUT2D eigenvalue weighted by molar-refractivity contribution is -0.147. The zero-order valence-electron chi connectivity index (χ0n) is 12.1. The minimum atomic E-state index is -4.16. The molecule has 1 aromatic rings. The average Bonchev–Trinajstić information content (AvgIpc) is 2.72. The SMILES string of the molecule is CCCN(Cc1csc(CNC(C)C)n1)CC(F)(F)F. The quantitative estimate of drug-likeness (QED) is 0.797. The standard InChI is InChI=1S/C13H22F3N3S/c1-4-5-19(9-13(14,15)16)7-11-8-20-12(18-11)6-17-10(2)3/h8,10,17H,4-7,9H2,1-3H3. The van der Waals surface area contributed by atoms with Crippen molar-refractivity contribution in [3.05, 3.63) is 16.1 Å². The van der Waals surface area contributed by atoms with Crippen LogP contribution in [0.1, 0.15) is 37.9 Å². The minimum Gasteiger partial charge on any atom is -0.308 e. The van der Waals surface area contributed by atoms with Crippen molar-refractivity contribution in [1.82, 2.24) is 15.2 Å². The normalized spacial score (nSPS) is 12.6. The molecule has 0 saturated carbocycles. The molecule has 0 radical (unpaired) electrons. The molecule has 0 aromatic carbocycles. The summed E-state index contributed by atoms with van der Waals surface area (Å²) in [7, 11) is 0. The van der Waals surface area contributed by atoms with E-state index in [9.17, 15) is 13.2 Å². The van der Waals surface area contributed by atoms with Gasteiger partial charge >= 0.3 is 6.18 Å². The van der Waals surface area contributed by atoms with Crippen LogP contribution in [0.3, 0.4) is 0 Å². The van der Waals surface area contributed by atoms with E-state index < -0.39 is 12.7 Å². The first kappa shape index (κ1) is 17.4. The number of thiazole rings is 1. The van der Waals surface area contributed by atoms with E-state index in [-0.39, 0.29) is 6.54 Å². The van der Waals surface area contributed by atoms with Crippen LogP contribution in [0.15, 0.2) is 5.38 Å². The molecule has 7 heteroatoms. The molecule has 3 nitrogen and oxygen atoms in total. The molecule has 20 heavy (non-hydrogen) atoms. The Kier molecular flexibility index (Phi) is 6.91. The van der Waals surface area contributed by atoms with Crippen molar-refractivity contribution < 1.29 is 13.2 Å². The lowest BCUT2D eigenvalue weighted by atomic mass is 10.3. The fraction of sp³-hybridized carbons (Fsp3) is 0.769. The summed E-state index contributed by atoms with van der Waals surface area (Å²) in [5.74, 6) is 0. The van der Waals surface area contributed by atoms with Gasteiger partial charge in [-0.1, -0.05) is 20.8 Å². The van der Waals surface area contributed by atoms with Gasteiger partial charge in [0.05, 0.1) is 12.2 Å². The Balaban J connectivity index is 2.55. The number of alkyl halides is 3. The number of hydrogen-bond donors (Lipinski definition) is 1. The Hall–Kier alpha value is -0.660. The highest BCUT2D eigenvalue weighted by Crippen LogP contribution is 2.19. The summed E-state index contributed by atoms with van der Waals surface area (Å²) in [6.07, 6.45) is -3.46. The molecule has 0 saturated heterocycles. The van der Waals surface area contributed by atoms with Crippen LogP contribution in [-0.2, 0) is 13.1 Å². The van der Waals surface area contributed by atoms with Crippen molar-refractivity contribution in [3.63, 3.8) is 0 Å². The van der Waals surface area contributed by atoms with Gasteiger partial charge in [-0.25, -0.2) is 4.98 Å². The van der Waals surface area contributed by atoms with Crippen LogP contribution in [0.2, 0.25) is 0 Å². The van der Waals surface area contributed by atoms with Gasteiger partial charge in [-0.05, 0) is 13.0 Å². The second-order valence-corrected chi connectivity index (χ2v) is 6.04. The monoisotopic (exact) mass is 309 g/mol. The van der Waals surface area contributed by atoms with Gasteiger partial charge in [0.25, 0.3) is 0 Å². The molecule has 0 aliphatic carbocycles. The second-order valence-electron chi connectivity index (χ2n) is 5.09. The van der Waals surface area contributed by atoms with Crippen molar-refractivity contribution in [1.29, 1.82) is 0 Å².